The van der Waals surface area contributed by atoms with Crippen molar-refractivity contribution in [1.29, 1.82) is 0 Å². The lowest BCUT2D eigenvalue weighted by Gasteiger charge is -2.34. The summed E-state index contributed by atoms with van der Waals surface area (Å²) in [6.07, 6.45) is 1.58. The number of nitrogens with one attached hydrogen (secondary N) is 2. The maximum Gasteiger partial charge on any atom is 0.329 e. The van der Waals surface area contributed by atoms with Crippen LogP contribution < -0.4 is 10.6 Å². The maximum atomic E-state index is 11.8. The highest BCUT2D eigenvalue weighted by atomic mass is 32.2. The number of carboxylic acid groups (broad SMARTS) is 1. The van der Waals surface area contributed by atoms with Crippen LogP contribution in [0.5, 0.6) is 0 Å². The highest BCUT2D eigenvalue weighted by Gasteiger charge is 2.41. The van der Waals surface area contributed by atoms with E-state index >= 15 is 0 Å². The Morgan fingerprint density at radius 2 is 2.06 bits per heavy atom. The normalized spacial score (nSPS) is 26.6. The van der Waals surface area contributed by atoms with Crippen LogP contribution in [0.2, 0.25) is 0 Å². The molecule has 2 aliphatic rings. The average Bonchev–Trinajstić information content (AvgIpc) is 2.82. The summed E-state index contributed by atoms with van der Waals surface area (Å²) in [5.41, 5.74) is -1.17. The number of carbonyl (C=O) groups excluding carboxylic acids is 1. The number of carbonyl (C=O) groups is 2. The van der Waals surface area contributed by atoms with Crippen molar-refractivity contribution < 1.29 is 19.4 Å². The molecule has 7 heteroatoms. The molecule has 2 fully saturated rings. The van der Waals surface area contributed by atoms with E-state index in [2.05, 4.69) is 10.6 Å². The van der Waals surface area contributed by atoms with Gasteiger partial charge >= 0.3 is 12.0 Å². The smallest absolute Gasteiger partial charge is 0.329 e. The Morgan fingerprint density at radius 1 is 1.33 bits per heavy atom. The second-order valence-corrected chi connectivity index (χ2v) is 5.81. The Kier molecular flexibility index (Phi) is 4.34. The van der Waals surface area contributed by atoms with Crippen molar-refractivity contribution in [3.05, 3.63) is 0 Å². The fourth-order valence-corrected chi connectivity index (χ4v) is 3.35. The van der Waals surface area contributed by atoms with Crippen molar-refractivity contribution in [3.63, 3.8) is 0 Å². The quantitative estimate of drug-likeness (QED) is 0.694. The van der Waals surface area contributed by atoms with Crippen LogP contribution in [0.25, 0.3) is 0 Å². The van der Waals surface area contributed by atoms with Crippen LogP contribution in [-0.2, 0) is 9.53 Å². The van der Waals surface area contributed by atoms with Gasteiger partial charge in [0.05, 0.1) is 0 Å². The third-order valence-electron chi connectivity index (χ3n) is 3.37. The molecule has 2 amide bonds. The molecule has 102 valence electrons. The molecule has 1 unspecified atom stereocenters. The molecule has 0 aromatic rings. The molecule has 6 nitrogen and oxygen atoms in total. The minimum absolute atomic E-state index is 0.153. The highest BCUT2D eigenvalue weighted by molar-refractivity contribution is 7.99. The molecule has 3 N–H and O–H groups in total. The van der Waals surface area contributed by atoms with Crippen LogP contribution >= 0.6 is 11.8 Å². The highest BCUT2D eigenvalue weighted by Crippen LogP contribution is 2.21. The second-order valence-electron chi connectivity index (χ2n) is 4.66. The van der Waals surface area contributed by atoms with Gasteiger partial charge in [0.15, 0.2) is 0 Å². The van der Waals surface area contributed by atoms with E-state index in [4.69, 9.17) is 4.74 Å². The maximum absolute atomic E-state index is 11.8. The summed E-state index contributed by atoms with van der Waals surface area (Å²) in [4.78, 5) is 23.2. The van der Waals surface area contributed by atoms with Crippen molar-refractivity contribution in [1.82, 2.24) is 10.6 Å². The molecular weight excluding hydrogens is 256 g/mol. The first-order valence-corrected chi connectivity index (χ1v) is 7.25. The minimum Gasteiger partial charge on any atom is -0.480 e. The predicted molar refractivity (Wildman–Crippen MR) is 67.8 cm³/mol. The Balaban J connectivity index is 1.91. The van der Waals surface area contributed by atoms with Gasteiger partial charge in [0, 0.05) is 37.9 Å². The summed E-state index contributed by atoms with van der Waals surface area (Å²) in [6.45, 7) is 0.734. The van der Waals surface area contributed by atoms with E-state index in [1.165, 1.54) is 0 Å². The summed E-state index contributed by atoms with van der Waals surface area (Å²) in [6, 6.07) is -0.229. The zero-order chi connectivity index (χ0) is 13.0. The molecule has 0 radical (unpaired) electrons. The number of thioether (sulfide) groups is 1. The van der Waals surface area contributed by atoms with Gasteiger partial charge in [-0.05, 0) is 12.2 Å². The largest absolute Gasteiger partial charge is 0.480 e. The van der Waals surface area contributed by atoms with Gasteiger partial charge in [-0.15, -0.1) is 0 Å². The molecule has 2 saturated heterocycles. The molecule has 18 heavy (non-hydrogen) atoms. The first-order valence-electron chi connectivity index (χ1n) is 6.10. The zero-order valence-electron chi connectivity index (χ0n) is 10.1. The molecule has 1 atom stereocenters. The molecule has 2 aliphatic heterocycles. The summed E-state index contributed by atoms with van der Waals surface area (Å²) in [5.74, 6) is 0.959. The first kappa shape index (κ1) is 13.5. The van der Waals surface area contributed by atoms with Gasteiger partial charge in [0.2, 0.25) is 0 Å². The third-order valence-corrected chi connectivity index (χ3v) is 4.54. The van der Waals surface area contributed by atoms with E-state index in [1.54, 1.807) is 11.8 Å². The van der Waals surface area contributed by atoms with Gasteiger partial charge in [0.1, 0.15) is 5.54 Å². The van der Waals surface area contributed by atoms with E-state index in [0.29, 0.717) is 26.1 Å². The number of aliphatic carboxylic acids is 1. The number of rotatable bonds is 3. The lowest BCUT2D eigenvalue weighted by Crippen LogP contribution is -2.60. The van der Waals surface area contributed by atoms with E-state index in [9.17, 15) is 14.7 Å². The van der Waals surface area contributed by atoms with Gasteiger partial charge in [0.25, 0.3) is 0 Å². The molecule has 0 saturated carbocycles. The molecular formula is C11H18N2O4S. The van der Waals surface area contributed by atoms with Crippen LogP contribution in [0.3, 0.4) is 0 Å². The van der Waals surface area contributed by atoms with Crippen LogP contribution in [0, 0.1) is 0 Å². The molecule has 0 aromatic carbocycles. The third kappa shape index (κ3) is 3.08. The van der Waals surface area contributed by atoms with E-state index in [1.807, 2.05) is 0 Å². The minimum atomic E-state index is -1.17. The molecule has 2 heterocycles. The molecule has 2 rings (SSSR count). The van der Waals surface area contributed by atoms with Crippen molar-refractivity contribution >= 4 is 23.8 Å². The fraction of sp³-hybridized carbons (Fsp3) is 0.818. The fourth-order valence-electron chi connectivity index (χ4n) is 2.20. The number of urea groups is 1. The summed E-state index contributed by atoms with van der Waals surface area (Å²) >= 11 is 1.80. The summed E-state index contributed by atoms with van der Waals surface area (Å²) in [7, 11) is 0. The van der Waals surface area contributed by atoms with Gasteiger partial charge in [-0.25, -0.2) is 9.59 Å². The van der Waals surface area contributed by atoms with Crippen molar-refractivity contribution in [2.24, 2.45) is 0 Å². The summed E-state index contributed by atoms with van der Waals surface area (Å²) in [5, 5.41) is 14.7. The van der Waals surface area contributed by atoms with Crippen molar-refractivity contribution in [3.8, 4) is 0 Å². The molecule has 0 bridgehead atoms. The van der Waals surface area contributed by atoms with E-state index in [-0.39, 0.29) is 12.1 Å². The van der Waals surface area contributed by atoms with E-state index in [0.717, 1.165) is 17.9 Å². The van der Waals surface area contributed by atoms with Crippen LogP contribution in [-0.4, -0.2) is 53.4 Å². The van der Waals surface area contributed by atoms with Crippen molar-refractivity contribution in [2.75, 3.05) is 24.7 Å². The molecule has 0 aromatic heterocycles. The van der Waals surface area contributed by atoms with Crippen LogP contribution in [0.1, 0.15) is 19.3 Å². The van der Waals surface area contributed by atoms with Crippen molar-refractivity contribution in [2.45, 2.75) is 30.8 Å². The second kappa shape index (κ2) is 5.79. The number of ether oxygens (including phenoxy) is 1. The molecule has 0 spiro atoms. The standard InChI is InChI=1S/C11H18N2O4S/c14-9(15)11(2-4-17-5-3-11)13-10(16)12-8-1-6-18-7-8/h8H,1-7H2,(H,14,15)(H2,12,13,16). The zero-order valence-corrected chi connectivity index (χ0v) is 10.9. The Labute approximate surface area is 110 Å². The number of carboxylic acids is 1. The van der Waals surface area contributed by atoms with Gasteiger partial charge in [-0.1, -0.05) is 0 Å². The van der Waals surface area contributed by atoms with Gasteiger partial charge in [-0.2, -0.15) is 11.8 Å². The summed E-state index contributed by atoms with van der Waals surface area (Å²) < 4.78 is 5.15. The Bertz CT molecular complexity index is 325. The van der Waals surface area contributed by atoms with Gasteiger partial charge < -0.3 is 20.5 Å². The van der Waals surface area contributed by atoms with Crippen LogP contribution in [0.4, 0.5) is 4.79 Å². The lowest BCUT2D eigenvalue weighted by atomic mass is 9.90. The van der Waals surface area contributed by atoms with Crippen LogP contribution in [0.15, 0.2) is 0 Å². The Morgan fingerprint density at radius 3 is 2.61 bits per heavy atom. The number of hydrogen-bond donors (Lipinski definition) is 3. The Hall–Kier alpha value is -0.950. The average molecular weight is 274 g/mol. The number of amides is 2. The SMILES string of the molecule is O=C(NC1CCSC1)NC1(C(=O)O)CCOCC1. The predicted octanol–water partition coefficient (Wildman–Crippen LogP) is 0.425. The molecule has 0 aliphatic carbocycles. The lowest BCUT2D eigenvalue weighted by molar-refractivity contribution is -0.148. The first-order chi connectivity index (χ1) is 8.62. The van der Waals surface area contributed by atoms with E-state index < -0.39 is 11.5 Å². The number of hydrogen-bond acceptors (Lipinski definition) is 4. The van der Waals surface area contributed by atoms with Gasteiger partial charge in [-0.3, -0.25) is 0 Å². The topological polar surface area (TPSA) is 87.7 Å². The monoisotopic (exact) mass is 274 g/mol.